The van der Waals surface area contributed by atoms with Crippen LogP contribution in [-0.2, 0) is 11.3 Å². The summed E-state index contributed by atoms with van der Waals surface area (Å²) in [6.45, 7) is 0.392. The molecule has 0 unspecified atom stereocenters. The second-order valence-electron chi connectivity index (χ2n) is 6.68. The SMILES string of the molecule is COc1ccc2c(c1)C(=O)N(C[C@H](NC(=O)NC=O)c1cc3ncc(F)cc3o1)C2. The van der Waals surface area contributed by atoms with Gasteiger partial charge in [0, 0.05) is 30.8 Å². The number of rotatable bonds is 6. The molecule has 1 atom stereocenters. The summed E-state index contributed by atoms with van der Waals surface area (Å²) in [6.07, 6.45) is 1.29. The van der Waals surface area contributed by atoms with Gasteiger partial charge in [-0.2, -0.15) is 0 Å². The van der Waals surface area contributed by atoms with Crippen LogP contribution in [0.15, 0.2) is 40.9 Å². The van der Waals surface area contributed by atoms with Crippen molar-refractivity contribution in [2.24, 2.45) is 0 Å². The Bertz CT molecular complexity index is 1150. The Hall–Kier alpha value is -3.95. The van der Waals surface area contributed by atoms with Crippen LogP contribution in [0.4, 0.5) is 9.18 Å². The van der Waals surface area contributed by atoms with Gasteiger partial charge in [0.05, 0.1) is 13.3 Å². The van der Waals surface area contributed by atoms with E-state index in [0.717, 1.165) is 11.8 Å². The van der Waals surface area contributed by atoms with Crippen LogP contribution in [0.5, 0.6) is 5.75 Å². The zero-order valence-electron chi connectivity index (χ0n) is 15.8. The number of carbonyl (C=O) groups is 3. The number of ether oxygens (including phenoxy) is 1. The van der Waals surface area contributed by atoms with Crippen molar-refractivity contribution in [2.75, 3.05) is 13.7 Å². The monoisotopic (exact) mass is 412 g/mol. The van der Waals surface area contributed by atoms with E-state index in [-0.39, 0.29) is 30.2 Å². The molecule has 0 saturated carbocycles. The molecule has 4 amide bonds. The Kier molecular flexibility index (Phi) is 5.05. The Morgan fingerprint density at radius 3 is 3.00 bits per heavy atom. The maximum Gasteiger partial charge on any atom is 0.321 e. The minimum Gasteiger partial charge on any atom is -0.497 e. The van der Waals surface area contributed by atoms with Crippen LogP contribution in [0.25, 0.3) is 11.1 Å². The van der Waals surface area contributed by atoms with Gasteiger partial charge < -0.3 is 19.4 Å². The maximum atomic E-state index is 13.4. The smallest absolute Gasteiger partial charge is 0.321 e. The lowest BCUT2D eigenvalue weighted by Gasteiger charge is -2.23. The van der Waals surface area contributed by atoms with Gasteiger partial charge in [-0.05, 0) is 17.7 Å². The van der Waals surface area contributed by atoms with Gasteiger partial charge in [0.1, 0.15) is 28.9 Å². The highest BCUT2D eigenvalue weighted by molar-refractivity contribution is 5.98. The predicted molar refractivity (Wildman–Crippen MR) is 102 cm³/mol. The summed E-state index contributed by atoms with van der Waals surface area (Å²) >= 11 is 0. The minimum absolute atomic E-state index is 0.0599. The zero-order valence-corrected chi connectivity index (χ0v) is 15.8. The standard InChI is InChI=1S/C20H17FN4O5/c1-29-13-3-2-11-8-25(19(27)14(11)5-13)9-16(24-20(28)23-10-26)18-6-15-17(30-18)4-12(21)7-22-15/h2-7,10,16H,8-9H2,1H3,(H2,23,24,26,28)/t16-/m0/s1. The number of urea groups is 1. The van der Waals surface area contributed by atoms with Crippen LogP contribution in [0.1, 0.15) is 27.7 Å². The Labute approximate surface area is 169 Å². The third-order valence-electron chi connectivity index (χ3n) is 4.79. The van der Waals surface area contributed by atoms with E-state index in [2.05, 4.69) is 10.3 Å². The number of aromatic nitrogens is 1. The summed E-state index contributed by atoms with van der Waals surface area (Å²) in [6, 6.07) is 6.40. The number of hydrogen-bond acceptors (Lipinski definition) is 6. The molecular weight excluding hydrogens is 395 g/mol. The van der Waals surface area contributed by atoms with Crippen LogP contribution in [0.3, 0.4) is 0 Å². The van der Waals surface area contributed by atoms with Gasteiger partial charge in [0.15, 0.2) is 5.58 Å². The molecule has 10 heteroatoms. The number of pyridine rings is 1. The van der Waals surface area contributed by atoms with Gasteiger partial charge in [-0.15, -0.1) is 0 Å². The number of carbonyl (C=O) groups excluding carboxylic acids is 3. The molecule has 0 bridgehead atoms. The van der Waals surface area contributed by atoms with Gasteiger partial charge in [0.2, 0.25) is 6.41 Å². The Morgan fingerprint density at radius 1 is 1.40 bits per heavy atom. The van der Waals surface area contributed by atoms with Crippen molar-refractivity contribution >= 4 is 29.4 Å². The summed E-state index contributed by atoms with van der Waals surface area (Å²) < 4.78 is 24.3. The number of imide groups is 1. The fraction of sp³-hybridized carbons (Fsp3) is 0.200. The van der Waals surface area contributed by atoms with Crippen LogP contribution in [-0.4, -0.2) is 41.9 Å². The maximum absolute atomic E-state index is 13.4. The highest BCUT2D eigenvalue weighted by Gasteiger charge is 2.31. The molecule has 3 heterocycles. The molecule has 0 spiro atoms. The second-order valence-corrected chi connectivity index (χ2v) is 6.68. The highest BCUT2D eigenvalue weighted by atomic mass is 19.1. The molecule has 0 aliphatic carbocycles. The van der Waals surface area contributed by atoms with Crippen molar-refractivity contribution in [3.8, 4) is 5.75 Å². The predicted octanol–water partition coefficient (Wildman–Crippen LogP) is 2.13. The third kappa shape index (κ3) is 3.66. The first-order chi connectivity index (χ1) is 14.5. The summed E-state index contributed by atoms with van der Waals surface area (Å²) in [7, 11) is 1.52. The van der Waals surface area contributed by atoms with Crippen molar-refractivity contribution in [3.05, 3.63) is 59.2 Å². The van der Waals surface area contributed by atoms with E-state index in [1.807, 2.05) is 11.4 Å². The lowest BCUT2D eigenvalue weighted by molar-refractivity contribution is -0.108. The molecule has 0 radical (unpaired) electrons. The first-order valence-corrected chi connectivity index (χ1v) is 9.00. The molecule has 30 heavy (non-hydrogen) atoms. The lowest BCUT2D eigenvalue weighted by atomic mass is 10.1. The first kappa shape index (κ1) is 19.4. The molecule has 2 aromatic heterocycles. The average Bonchev–Trinajstić information content (AvgIpc) is 3.28. The van der Waals surface area contributed by atoms with Crippen molar-refractivity contribution in [1.29, 1.82) is 0 Å². The minimum atomic E-state index is -0.803. The molecule has 1 aliphatic heterocycles. The molecule has 0 fully saturated rings. The van der Waals surface area contributed by atoms with Crippen molar-refractivity contribution in [3.63, 3.8) is 0 Å². The molecule has 0 saturated heterocycles. The van der Waals surface area contributed by atoms with E-state index in [0.29, 0.717) is 23.4 Å². The van der Waals surface area contributed by atoms with Crippen LogP contribution in [0.2, 0.25) is 0 Å². The topological polar surface area (TPSA) is 114 Å². The van der Waals surface area contributed by atoms with Crippen molar-refractivity contribution in [2.45, 2.75) is 12.6 Å². The zero-order chi connectivity index (χ0) is 21.3. The van der Waals surface area contributed by atoms with Crippen LogP contribution >= 0.6 is 0 Å². The first-order valence-electron chi connectivity index (χ1n) is 9.00. The van der Waals surface area contributed by atoms with Crippen LogP contribution in [0, 0.1) is 5.82 Å². The molecule has 154 valence electrons. The molecule has 1 aromatic carbocycles. The summed E-state index contributed by atoms with van der Waals surface area (Å²) in [5, 5.41) is 4.58. The molecule has 4 rings (SSSR count). The van der Waals surface area contributed by atoms with Gasteiger partial charge in [0.25, 0.3) is 5.91 Å². The number of furan rings is 1. The molecule has 1 aliphatic rings. The van der Waals surface area contributed by atoms with E-state index in [1.165, 1.54) is 18.1 Å². The number of nitrogens with zero attached hydrogens (tertiary/aromatic N) is 2. The fourth-order valence-electron chi connectivity index (χ4n) is 3.38. The number of halogens is 1. The Balaban J connectivity index is 1.62. The molecule has 3 aromatic rings. The van der Waals surface area contributed by atoms with Crippen molar-refractivity contribution < 1.29 is 27.9 Å². The normalized spacial score (nSPS) is 13.8. The lowest BCUT2D eigenvalue weighted by Crippen LogP contribution is -2.42. The fourth-order valence-corrected chi connectivity index (χ4v) is 3.38. The largest absolute Gasteiger partial charge is 0.497 e. The van der Waals surface area contributed by atoms with E-state index in [1.54, 1.807) is 18.2 Å². The van der Waals surface area contributed by atoms with E-state index < -0.39 is 17.9 Å². The van der Waals surface area contributed by atoms with E-state index in [9.17, 15) is 18.8 Å². The number of amides is 4. The highest BCUT2D eigenvalue weighted by Crippen LogP contribution is 2.30. The van der Waals surface area contributed by atoms with Gasteiger partial charge >= 0.3 is 6.03 Å². The van der Waals surface area contributed by atoms with Crippen molar-refractivity contribution in [1.82, 2.24) is 20.5 Å². The summed E-state index contributed by atoms with van der Waals surface area (Å²) in [5.41, 5.74) is 1.94. The third-order valence-corrected chi connectivity index (χ3v) is 4.79. The number of fused-ring (bicyclic) bond motifs is 2. The molecular formula is C20H17FN4O5. The van der Waals surface area contributed by atoms with Crippen LogP contribution < -0.4 is 15.4 Å². The number of benzene rings is 1. The summed E-state index contributed by atoms with van der Waals surface area (Å²) in [5.74, 6) is 0.0392. The molecule has 9 nitrogen and oxygen atoms in total. The van der Waals surface area contributed by atoms with E-state index >= 15 is 0 Å². The second kappa shape index (κ2) is 7.82. The molecule has 2 N–H and O–H groups in total. The van der Waals surface area contributed by atoms with E-state index in [4.69, 9.17) is 9.15 Å². The van der Waals surface area contributed by atoms with Gasteiger partial charge in [-0.3, -0.25) is 14.9 Å². The number of hydrogen-bond donors (Lipinski definition) is 2. The average molecular weight is 412 g/mol. The number of methoxy groups -OCH3 is 1. The van der Waals surface area contributed by atoms with Gasteiger partial charge in [-0.25, -0.2) is 14.2 Å². The quantitative estimate of drug-likeness (QED) is 0.600. The number of nitrogens with one attached hydrogen (secondary N) is 2. The summed E-state index contributed by atoms with van der Waals surface area (Å²) in [4.78, 5) is 40.9. The Morgan fingerprint density at radius 2 is 2.23 bits per heavy atom. The van der Waals surface area contributed by atoms with Gasteiger partial charge in [-0.1, -0.05) is 6.07 Å².